The molecule has 0 aliphatic heterocycles. The minimum Gasteiger partial charge on any atom is -0.391 e. The highest BCUT2D eigenvalue weighted by atomic mass is 35.5. The fraction of sp³-hybridized carbons (Fsp3) is 0.500. The number of hydrogen-bond acceptors (Lipinski definition) is 2. The molecule has 0 heterocycles. The van der Waals surface area contributed by atoms with Gasteiger partial charge in [0, 0.05) is 5.02 Å². The van der Waals surface area contributed by atoms with Crippen molar-refractivity contribution in [3.63, 3.8) is 0 Å². The van der Waals surface area contributed by atoms with E-state index in [4.69, 9.17) is 17.3 Å². The highest BCUT2D eigenvalue weighted by Gasteiger charge is 2.20. The maximum absolute atomic E-state index is 12.8. The summed E-state index contributed by atoms with van der Waals surface area (Å²) in [6, 6.07) is 3.45. The van der Waals surface area contributed by atoms with Gasteiger partial charge in [0.1, 0.15) is 5.82 Å². The largest absolute Gasteiger partial charge is 0.391 e. The van der Waals surface area contributed by atoms with Crippen LogP contribution in [-0.4, -0.2) is 11.2 Å². The van der Waals surface area contributed by atoms with Gasteiger partial charge in [0.15, 0.2) is 0 Å². The molecule has 0 aromatic heterocycles. The first-order valence-electron chi connectivity index (χ1n) is 5.30. The van der Waals surface area contributed by atoms with Crippen LogP contribution in [0.25, 0.3) is 0 Å². The summed E-state index contributed by atoms with van der Waals surface area (Å²) in [4.78, 5) is 0. The molecule has 98 valence electrons. The molecule has 0 aliphatic carbocycles. The van der Waals surface area contributed by atoms with E-state index in [0.717, 1.165) is 0 Å². The maximum atomic E-state index is 12.8. The van der Waals surface area contributed by atoms with Crippen molar-refractivity contribution >= 4 is 24.0 Å². The Hall–Kier alpha value is -0.350. The topological polar surface area (TPSA) is 46.2 Å². The molecule has 0 saturated carbocycles. The summed E-state index contributed by atoms with van der Waals surface area (Å²) >= 11 is 5.87. The van der Waals surface area contributed by atoms with Gasteiger partial charge in [0.25, 0.3) is 0 Å². The summed E-state index contributed by atoms with van der Waals surface area (Å²) in [5.41, 5.74) is 6.46. The van der Waals surface area contributed by atoms with Crippen molar-refractivity contribution in [3.8, 4) is 0 Å². The number of hydrogen-bond donors (Lipinski definition) is 2. The summed E-state index contributed by atoms with van der Waals surface area (Å²) in [5, 5.41) is 10.1. The first-order chi connectivity index (χ1) is 7.41. The Labute approximate surface area is 112 Å². The van der Waals surface area contributed by atoms with Gasteiger partial charge in [-0.3, -0.25) is 0 Å². The van der Waals surface area contributed by atoms with Crippen LogP contribution < -0.4 is 5.73 Å². The van der Waals surface area contributed by atoms with Gasteiger partial charge in [-0.15, -0.1) is 12.4 Å². The lowest BCUT2D eigenvalue weighted by Crippen LogP contribution is -2.27. The Kier molecular flexibility index (Phi) is 7.02. The standard InChI is InChI=1S/C12H17ClFNO.ClH/c1-7(2)5-11(16)12(15)9-4-3-8(14)6-10(9)13;/h3-4,6-7,11-12,16H,5,15H2,1-2H3;1H/t11-,12+;/m1./s1. The molecule has 0 amide bonds. The fourth-order valence-corrected chi connectivity index (χ4v) is 1.90. The zero-order chi connectivity index (χ0) is 12.3. The molecule has 3 N–H and O–H groups in total. The van der Waals surface area contributed by atoms with Crippen LogP contribution in [0, 0.1) is 11.7 Å². The highest BCUT2D eigenvalue weighted by molar-refractivity contribution is 6.31. The molecular formula is C12H18Cl2FNO. The predicted molar refractivity (Wildman–Crippen MR) is 71.0 cm³/mol. The molecule has 17 heavy (non-hydrogen) atoms. The van der Waals surface area contributed by atoms with Gasteiger partial charge in [0.05, 0.1) is 12.1 Å². The number of nitrogens with two attached hydrogens (primary N) is 1. The average molecular weight is 282 g/mol. The zero-order valence-electron chi connectivity index (χ0n) is 9.86. The predicted octanol–water partition coefficient (Wildman–Crippen LogP) is 3.31. The zero-order valence-corrected chi connectivity index (χ0v) is 11.4. The molecule has 2 nitrogen and oxygen atoms in total. The first kappa shape index (κ1) is 16.6. The van der Waals surface area contributed by atoms with Crippen LogP contribution >= 0.6 is 24.0 Å². The third-order valence-corrected chi connectivity index (χ3v) is 2.78. The van der Waals surface area contributed by atoms with E-state index in [0.29, 0.717) is 17.9 Å². The van der Waals surface area contributed by atoms with E-state index in [1.165, 1.54) is 18.2 Å². The Morgan fingerprint density at radius 2 is 2.00 bits per heavy atom. The number of rotatable bonds is 4. The number of aliphatic hydroxyl groups is 1. The van der Waals surface area contributed by atoms with E-state index in [1.807, 2.05) is 13.8 Å². The van der Waals surface area contributed by atoms with Gasteiger partial charge in [-0.05, 0) is 30.0 Å². The van der Waals surface area contributed by atoms with Crippen molar-refractivity contribution in [3.05, 3.63) is 34.6 Å². The molecule has 0 saturated heterocycles. The summed E-state index contributed by atoms with van der Waals surface area (Å²) < 4.78 is 12.8. The third kappa shape index (κ3) is 4.80. The van der Waals surface area contributed by atoms with Crippen LogP contribution in [0.1, 0.15) is 31.9 Å². The Balaban J connectivity index is 0.00000256. The number of halogens is 3. The van der Waals surface area contributed by atoms with Gasteiger partial charge in [0.2, 0.25) is 0 Å². The van der Waals surface area contributed by atoms with E-state index in [-0.39, 0.29) is 17.4 Å². The van der Waals surface area contributed by atoms with Gasteiger partial charge in [-0.2, -0.15) is 0 Å². The molecule has 0 radical (unpaired) electrons. The van der Waals surface area contributed by atoms with Crippen LogP contribution in [0.3, 0.4) is 0 Å². The van der Waals surface area contributed by atoms with Crippen LogP contribution in [0.4, 0.5) is 4.39 Å². The summed E-state index contributed by atoms with van der Waals surface area (Å²) in [5.74, 6) is -0.0560. The van der Waals surface area contributed by atoms with Crippen molar-refractivity contribution < 1.29 is 9.50 Å². The summed E-state index contributed by atoms with van der Waals surface area (Å²) in [6.45, 7) is 4.00. The SMILES string of the molecule is CC(C)C[C@@H](O)[C@@H](N)c1ccc(F)cc1Cl.Cl. The van der Waals surface area contributed by atoms with E-state index in [1.54, 1.807) is 0 Å². The first-order valence-corrected chi connectivity index (χ1v) is 5.68. The Morgan fingerprint density at radius 1 is 1.41 bits per heavy atom. The normalized spacial score (nSPS) is 14.3. The quantitative estimate of drug-likeness (QED) is 0.890. The second-order valence-electron chi connectivity index (χ2n) is 4.39. The van der Waals surface area contributed by atoms with Crippen molar-refractivity contribution in [2.24, 2.45) is 11.7 Å². The van der Waals surface area contributed by atoms with E-state index in [9.17, 15) is 9.50 Å². The van der Waals surface area contributed by atoms with Crippen molar-refractivity contribution in [2.75, 3.05) is 0 Å². The van der Waals surface area contributed by atoms with Gasteiger partial charge < -0.3 is 10.8 Å². The third-order valence-electron chi connectivity index (χ3n) is 2.45. The number of aliphatic hydroxyl groups excluding tert-OH is 1. The molecule has 0 fully saturated rings. The van der Waals surface area contributed by atoms with Crippen LogP contribution in [0.5, 0.6) is 0 Å². The van der Waals surface area contributed by atoms with Gasteiger partial charge in [-0.25, -0.2) is 4.39 Å². The Bertz CT molecular complexity index is 360. The molecule has 1 aromatic carbocycles. The summed E-state index contributed by atoms with van der Waals surface area (Å²) in [6.07, 6.45) is -0.0718. The second-order valence-corrected chi connectivity index (χ2v) is 4.80. The molecule has 0 bridgehead atoms. The van der Waals surface area contributed by atoms with Gasteiger partial charge in [-0.1, -0.05) is 31.5 Å². The molecule has 0 spiro atoms. The molecule has 1 aromatic rings. The lowest BCUT2D eigenvalue weighted by atomic mass is 9.95. The second kappa shape index (κ2) is 7.17. The fourth-order valence-electron chi connectivity index (χ4n) is 1.61. The van der Waals surface area contributed by atoms with Crippen LogP contribution in [0.2, 0.25) is 5.02 Å². The van der Waals surface area contributed by atoms with Crippen molar-refractivity contribution in [2.45, 2.75) is 32.4 Å². The minimum absolute atomic E-state index is 0. The molecule has 1 rings (SSSR count). The van der Waals surface area contributed by atoms with E-state index < -0.39 is 18.0 Å². The van der Waals surface area contributed by atoms with Crippen molar-refractivity contribution in [1.29, 1.82) is 0 Å². The summed E-state index contributed by atoms with van der Waals surface area (Å²) in [7, 11) is 0. The molecular weight excluding hydrogens is 264 g/mol. The van der Waals surface area contributed by atoms with E-state index >= 15 is 0 Å². The van der Waals surface area contributed by atoms with Crippen LogP contribution in [-0.2, 0) is 0 Å². The molecule has 5 heteroatoms. The smallest absolute Gasteiger partial charge is 0.124 e. The van der Waals surface area contributed by atoms with Crippen LogP contribution in [0.15, 0.2) is 18.2 Å². The Morgan fingerprint density at radius 3 is 2.47 bits per heavy atom. The van der Waals surface area contributed by atoms with E-state index in [2.05, 4.69) is 0 Å². The highest BCUT2D eigenvalue weighted by Crippen LogP contribution is 2.26. The lowest BCUT2D eigenvalue weighted by molar-refractivity contribution is 0.121. The maximum Gasteiger partial charge on any atom is 0.124 e. The van der Waals surface area contributed by atoms with Crippen molar-refractivity contribution in [1.82, 2.24) is 0 Å². The average Bonchev–Trinajstić information content (AvgIpc) is 2.15. The van der Waals surface area contributed by atoms with Gasteiger partial charge >= 0.3 is 0 Å². The molecule has 0 aliphatic rings. The number of benzene rings is 1. The lowest BCUT2D eigenvalue weighted by Gasteiger charge is -2.21. The minimum atomic E-state index is -0.664. The molecule has 2 atom stereocenters. The monoisotopic (exact) mass is 281 g/mol. The molecule has 0 unspecified atom stereocenters.